The van der Waals surface area contributed by atoms with E-state index in [1.54, 1.807) is 36.2 Å². The van der Waals surface area contributed by atoms with Gasteiger partial charge in [-0.05, 0) is 37.0 Å². The number of benzene rings is 1. The molecule has 1 aromatic rings. The van der Waals surface area contributed by atoms with Crippen LogP contribution in [0.5, 0.6) is 0 Å². The Kier molecular flexibility index (Phi) is 4.53. The van der Waals surface area contributed by atoms with Crippen molar-refractivity contribution in [3.05, 3.63) is 29.3 Å². The molecule has 0 radical (unpaired) electrons. The lowest BCUT2D eigenvalue weighted by Crippen LogP contribution is -2.37. The molecule has 3 rings (SSSR count). The van der Waals surface area contributed by atoms with Crippen LogP contribution in [0, 0.1) is 5.92 Å². The van der Waals surface area contributed by atoms with Crippen LogP contribution < -0.4 is 5.32 Å². The van der Waals surface area contributed by atoms with Gasteiger partial charge in [0, 0.05) is 37.4 Å². The van der Waals surface area contributed by atoms with Gasteiger partial charge in [0.05, 0.1) is 5.25 Å². The molecule has 2 saturated heterocycles. The quantitative estimate of drug-likeness (QED) is 0.837. The highest BCUT2D eigenvalue weighted by Crippen LogP contribution is 2.33. The maximum atomic E-state index is 12.4. The topological polar surface area (TPSA) is 69.7 Å². The number of urea groups is 1. The molecule has 2 fully saturated rings. The van der Waals surface area contributed by atoms with E-state index in [4.69, 9.17) is 11.6 Å². The Hall–Kier alpha value is -1.31. The van der Waals surface area contributed by atoms with Crippen LogP contribution in [0.15, 0.2) is 24.3 Å². The summed E-state index contributed by atoms with van der Waals surface area (Å²) in [5.41, 5.74) is 0.638. The normalized spacial score (nSPS) is 27.3. The number of carbonyl (C=O) groups is 1. The third-order valence-corrected chi connectivity index (χ3v) is 7.29. The summed E-state index contributed by atoms with van der Waals surface area (Å²) in [4.78, 5) is 14.1. The second-order valence-corrected chi connectivity index (χ2v) is 8.82. The van der Waals surface area contributed by atoms with Gasteiger partial charge in [-0.25, -0.2) is 17.5 Å². The van der Waals surface area contributed by atoms with Crippen LogP contribution in [-0.4, -0.2) is 55.6 Å². The molecule has 1 aromatic carbocycles. The highest BCUT2D eigenvalue weighted by atomic mass is 35.5. The summed E-state index contributed by atoms with van der Waals surface area (Å²) in [5.74, 6) is 0.106. The molecule has 8 heteroatoms. The minimum absolute atomic E-state index is 0.106. The molecule has 0 unspecified atom stereocenters. The molecule has 0 aliphatic carbocycles. The van der Waals surface area contributed by atoms with Crippen LogP contribution in [-0.2, 0) is 10.0 Å². The third-order valence-electron chi connectivity index (χ3n) is 4.65. The lowest BCUT2D eigenvalue weighted by atomic mass is 10.0. The van der Waals surface area contributed by atoms with Crippen LogP contribution in [0.2, 0.25) is 5.02 Å². The van der Waals surface area contributed by atoms with Crippen molar-refractivity contribution in [2.45, 2.75) is 18.1 Å². The number of anilines is 1. The van der Waals surface area contributed by atoms with Crippen molar-refractivity contribution in [1.29, 1.82) is 0 Å². The van der Waals surface area contributed by atoms with E-state index in [1.165, 1.54) is 4.31 Å². The standard InChI is InChI=1S/C15H20ClN3O3S/c1-18-10-11-5-7-19(8-6-14(11)23(18,21)22)15(20)17-13-4-2-3-12(16)9-13/h2-4,9,11,14H,5-8,10H2,1H3,(H,17,20)/t11-,14-/m0/s1. The molecule has 23 heavy (non-hydrogen) atoms. The van der Waals surface area contributed by atoms with Gasteiger partial charge in [0.15, 0.2) is 0 Å². The predicted molar refractivity (Wildman–Crippen MR) is 90.1 cm³/mol. The molecule has 2 aliphatic heterocycles. The van der Waals surface area contributed by atoms with E-state index in [-0.39, 0.29) is 17.2 Å². The van der Waals surface area contributed by atoms with Gasteiger partial charge < -0.3 is 10.2 Å². The smallest absolute Gasteiger partial charge is 0.321 e. The van der Waals surface area contributed by atoms with E-state index in [1.807, 2.05) is 0 Å². The highest BCUT2D eigenvalue weighted by molar-refractivity contribution is 7.90. The zero-order valence-electron chi connectivity index (χ0n) is 12.9. The Morgan fingerprint density at radius 3 is 2.78 bits per heavy atom. The Morgan fingerprint density at radius 2 is 2.04 bits per heavy atom. The molecular weight excluding hydrogens is 338 g/mol. The van der Waals surface area contributed by atoms with Crippen molar-refractivity contribution >= 4 is 33.3 Å². The number of nitrogens with zero attached hydrogens (tertiary/aromatic N) is 2. The largest absolute Gasteiger partial charge is 0.324 e. The van der Waals surface area contributed by atoms with Crippen molar-refractivity contribution in [2.24, 2.45) is 5.92 Å². The zero-order chi connectivity index (χ0) is 16.6. The van der Waals surface area contributed by atoms with E-state index in [0.717, 1.165) is 0 Å². The molecular formula is C15H20ClN3O3S. The van der Waals surface area contributed by atoms with Crippen LogP contribution in [0.1, 0.15) is 12.8 Å². The molecule has 2 aliphatic rings. The van der Waals surface area contributed by atoms with E-state index < -0.39 is 10.0 Å². The van der Waals surface area contributed by atoms with E-state index in [2.05, 4.69) is 5.32 Å². The molecule has 0 spiro atoms. The summed E-state index contributed by atoms with van der Waals surface area (Å²) in [6.07, 6.45) is 1.19. The number of amides is 2. The van der Waals surface area contributed by atoms with Gasteiger partial charge in [0.1, 0.15) is 0 Å². The molecule has 0 saturated carbocycles. The fourth-order valence-corrected chi connectivity index (χ4v) is 5.54. The molecule has 2 atom stereocenters. The summed E-state index contributed by atoms with van der Waals surface area (Å²) in [5, 5.41) is 3.01. The highest BCUT2D eigenvalue weighted by Gasteiger charge is 2.45. The number of hydrogen-bond donors (Lipinski definition) is 1. The molecule has 126 valence electrons. The maximum Gasteiger partial charge on any atom is 0.321 e. The monoisotopic (exact) mass is 357 g/mol. The van der Waals surface area contributed by atoms with Crippen molar-refractivity contribution in [1.82, 2.24) is 9.21 Å². The summed E-state index contributed by atoms with van der Waals surface area (Å²) >= 11 is 5.91. The van der Waals surface area contributed by atoms with Gasteiger partial charge in [0.2, 0.25) is 10.0 Å². The first-order valence-electron chi connectivity index (χ1n) is 7.64. The Bertz CT molecular complexity index is 710. The fraction of sp³-hybridized carbons (Fsp3) is 0.533. The second-order valence-electron chi connectivity index (χ2n) is 6.13. The Labute approximate surface area is 141 Å². The molecule has 2 heterocycles. The van der Waals surface area contributed by atoms with E-state index in [0.29, 0.717) is 43.2 Å². The number of fused-ring (bicyclic) bond motifs is 1. The van der Waals surface area contributed by atoms with Gasteiger partial charge >= 0.3 is 6.03 Å². The first-order valence-corrected chi connectivity index (χ1v) is 9.52. The van der Waals surface area contributed by atoms with E-state index >= 15 is 0 Å². The lowest BCUT2D eigenvalue weighted by Gasteiger charge is -2.22. The molecule has 2 amide bonds. The second kappa shape index (κ2) is 6.30. The third kappa shape index (κ3) is 3.32. The average molecular weight is 358 g/mol. The summed E-state index contributed by atoms with van der Waals surface area (Å²) in [6, 6.07) is 6.76. The molecule has 0 bridgehead atoms. The number of likely N-dealkylation sites (tertiary alicyclic amines) is 1. The van der Waals surface area contributed by atoms with Crippen molar-refractivity contribution in [3.8, 4) is 0 Å². The van der Waals surface area contributed by atoms with Gasteiger partial charge in [-0.1, -0.05) is 17.7 Å². The SMILES string of the molecule is CN1C[C@@H]2CCN(C(=O)Nc3cccc(Cl)c3)CC[C@@H]2S1(=O)=O. The fourth-order valence-electron chi connectivity index (χ4n) is 3.38. The first kappa shape index (κ1) is 16.5. The number of carbonyl (C=O) groups excluding carboxylic acids is 1. The van der Waals surface area contributed by atoms with Crippen molar-refractivity contribution in [2.75, 3.05) is 32.0 Å². The molecule has 1 N–H and O–H groups in total. The molecule has 6 nitrogen and oxygen atoms in total. The van der Waals surface area contributed by atoms with E-state index in [9.17, 15) is 13.2 Å². The number of hydrogen-bond acceptors (Lipinski definition) is 3. The number of halogens is 1. The Balaban J connectivity index is 1.66. The van der Waals surface area contributed by atoms with Gasteiger partial charge in [-0.15, -0.1) is 0 Å². The number of sulfonamides is 1. The molecule has 0 aromatic heterocycles. The summed E-state index contributed by atoms with van der Waals surface area (Å²) in [7, 11) is -1.57. The average Bonchev–Trinajstić information content (AvgIpc) is 2.65. The van der Waals surface area contributed by atoms with Gasteiger partial charge in [-0.3, -0.25) is 0 Å². The lowest BCUT2D eigenvalue weighted by molar-refractivity contribution is 0.212. The van der Waals surface area contributed by atoms with Crippen LogP contribution >= 0.6 is 11.6 Å². The minimum Gasteiger partial charge on any atom is -0.324 e. The zero-order valence-corrected chi connectivity index (χ0v) is 14.5. The van der Waals surface area contributed by atoms with Crippen LogP contribution in [0.4, 0.5) is 10.5 Å². The minimum atomic E-state index is -3.21. The number of nitrogens with one attached hydrogen (secondary N) is 1. The summed E-state index contributed by atoms with van der Waals surface area (Å²) in [6.45, 7) is 1.56. The Morgan fingerprint density at radius 1 is 1.30 bits per heavy atom. The first-order chi connectivity index (χ1) is 10.9. The van der Waals surface area contributed by atoms with Crippen LogP contribution in [0.3, 0.4) is 0 Å². The number of rotatable bonds is 1. The van der Waals surface area contributed by atoms with Crippen LogP contribution in [0.25, 0.3) is 0 Å². The predicted octanol–water partition coefficient (Wildman–Crippen LogP) is 2.23. The van der Waals surface area contributed by atoms with Crippen molar-refractivity contribution in [3.63, 3.8) is 0 Å². The maximum absolute atomic E-state index is 12.4. The van der Waals surface area contributed by atoms with Gasteiger partial charge in [0.25, 0.3) is 0 Å². The van der Waals surface area contributed by atoms with Gasteiger partial charge in [-0.2, -0.15) is 0 Å². The summed E-state index contributed by atoms with van der Waals surface area (Å²) < 4.78 is 26.0. The van der Waals surface area contributed by atoms with Crippen molar-refractivity contribution < 1.29 is 13.2 Å².